The zero-order valence-electron chi connectivity index (χ0n) is 11.1. The molecule has 6 heteroatoms. The Hall–Kier alpha value is -1.82. The topological polar surface area (TPSA) is 38.0 Å². The molecule has 108 valence electrons. The fourth-order valence-electron chi connectivity index (χ4n) is 1.82. The van der Waals surface area contributed by atoms with Gasteiger partial charge in [0.25, 0.3) is 0 Å². The molecule has 0 radical (unpaired) electrons. The van der Waals surface area contributed by atoms with E-state index >= 15 is 0 Å². The minimum atomic E-state index is -4.37. The zero-order chi connectivity index (χ0) is 14.9. The summed E-state index contributed by atoms with van der Waals surface area (Å²) in [5.74, 6) is 0. The van der Waals surface area contributed by atoms with Crippen molar-refractivity contribution in [1.82, 2.24) is 9.78 Å². The van der Waals surface area contributed by atoms with Crippen LogP contribution in [0.2, 0.25) is 0 Å². The lowest BCUT2D eigenvalue weighted by Crippen LogP contribution is -2.06. The first-order valence-electron chi connectivity index (χ1n) is 6.18. The lowest BCUT2D eigenvalue weighted by atomic mass is 10.0. The average molecular weight is 284 g/mol. The molecule has 0 spiro atoms. The van der Waals surface area contributed by atoms with Crippen LogP contribution in [0.25, 0.3) is 0 Å². The van der Waals surface area contributed by atoms with Crippen molar-refractivity contribution in [3.05, 3.63) is 53.3 Å². The first-order chi connectivity index (χ1) is 9.29. The van der Waals surface area contributed by atoms with Crippen molar-refractivity contribution in [3.8, 4) is 0 Å². The molecule has 1 atom stereocenters. The van der Waals surface area contributed by atoms with Crippen LogP contribution in [-0.4, -0.2) is 14.9 Å². The summed E-state index contributed by atoms with van der Waals surface area (Å²) in [5.41, 5.74) is 0.228. The molecule has 1 unspecified atom stereocenters. The third-order valence-electron chi connectivity index (χ3n) is 3.02. The Morgan fingerprint density at radius 1 is 1.10 bits per heavy atom. The molecular weight excluding hydrogens is 269 g/mol. The van der Waals surface area contributed by atoms with Crippen molar-refractivity contribution in [2.45, 2.75) is 32.2 Å². The number of hydrogen-bond donors (Lipinski definition) is 1. The molecule has 1 heterocycles. The lowest BCUT2D eigenvalue weighted by Gasteiger charge is -2.11. The fourth-order valence-corrected chi connectivity index (χ4v) is 1.82. The van der Waals surface area contributed by atoms with Crippen LogP contribution in [0.5, 0.6) is 0 Å². The van der Waals surface area contributed by atoms with Gasteiger partial charge in [-0.15, -0.1) is 0 Å². The van der Waals surface area contributed by atoms with Crippen LogP contribution >= 0.6 is 0 Å². The molecular formula is C14H15F3N2O. The summed E-state index contributed by atoms with van der Waals surface area (Å²) < 4.78 is 39.1. The van der Waals surface area contributed by atoms with Gasteiger partial charge in [-0.1, -0.05) is 12.1 Å². The maximum atomic E-state index is 12.5. The van der Waals surface area contributed by atoms with Crippen LogP contribution in [0.15, 0.2) is 36.7 Å². The molecule has 0 fully saturated rings. The van der Waals surface area contributed by atoms with Crippen molar-refractivity contribution < 1.29 is 18.3 Å². The summed E-state index contributed by atoms with van der Waals surface area (Å²) in [6.45, 7) is 3.89. The highest BCUT2D eigenvalue weighted by atomic mass is 19.4. The van der Waals surface area contributed by atoms with Crippen molar-refractivity contribution in [2.75, 3.05) is 0 Å². The van der Waals surface area contributed by atoms with Gasteiger partial charge in [-0.3, -0.25) is 4.68 Å². The van der Waals surface area contributed by atoms with Gasteiger partial charge in [0, 0.05) is 17.8 Å². The number of benzene rings is 1. The molecule has 0 aliphatic heterocycles. The molecule has 2 aromatic rings. The Bertz CT molecular complexity index is 573. The van der Waals surface area contributed by atoms with Crippen LogP contribution in [0.4, 0.5) is 13.2 Å². The second kappa shape index (κ2) is 5.28. The van der Waals surface area contributed by atoms with Gasteiger partial charge in [-0.2, -0.15) is 18.3 Å². The van der Waals surface area contributed by atoms with Gasteiger partial charge in [0.15, 0.2) is 0 Å². The number of rotatable bonds is 3. The highest BCUT2D eigenvalue weighted by Gasteiger charge is 2.30. The van der Waals surface area contributed by atoms with E-state index in [0.29, 0.717) is 11.1 Å². The summed E-state index contributed by atoms with van der Waals surface area (Å²) in [6, 6.07) is 4.64. The first-order valence-corrected chi connectivity index (χ1v) is 6.18. The van der Waals surface area contributed by atoms with Crippen molar-refractivity contribution >= 4 is 0 Å². The number of halogens is 3. The minimum absolute atomic E-state index is 0.156. The summed E-state index contributed by atoms with van der Waals surface area (Å²) >= 11 is 0. The molecule has 20 heavy (non-hydrogen) atoms. The average Bonchev–Trinajstić information content (AvgIpc) is 2.86. The molecule has 1 aromatic heterocycles. The quantitative estimate of drug-likeness (QED) is 0.935. The summed E-state index contributed by atoms with van der Waals surface area (Å²) in [6.07, 6.45) is -2.15. The molecule has 0 aliphatic carbocycles. The minimum Gasteiger partial charge on any atom is -0.384 e. The highest BCUT2D eigenvalue weighted by molar-refractivity contribution is 5.31. The van der Waals surface area contributed by atoms with Crippen molar-refractivity contribution in [1.29, 1.82) is 0 Å². The Labute approximate surface area is 114 Å². The smallest absolute Gasteiger partial charge is 0.384 e. The largest absolute Gasteiger partial charge is 0.416 e. The lowest BCUT2D eigenvalue weighted by molar-refractivity contribution is -0.137. The summed E-state index contributed by atoms with van der Waals surface area (Å²) in [7, 11) is 0. The number of aliphatic hydroxyl groups excluding tert-OH is 1. The predicted octanol–water partition coefficient (Wildman–Crippen LogP) is 3.56. The van der Waals surface area contributed by atoms with Gasteiger partial charge in [0.05, 0.1) is 11.8 Å². The normalized spacial score (nSPS) is 13.8. The van der Waals surface area contributed by atoms with Crippen LogP contribution in [0.3, 0.4) is 0 Å². The monoisotopic (exact) mass is 284 g/mol. The second-order valence-electron chi connectivity index (χ2n) is 4.87. The van der Waals surface area contributed by atoms with E-state index in [1.54, 1.807) is 10.9 Å². The Morgan fingerprint density at radius 2 is 1.70 bits per heavy atom. The summed E-state index contributed by atoms with van der Waals surface area (Å²) in [4.78, 5) is 0. The van der Waals surface area contributed by atoms with Crippen molar-refractivity contribution in [3.63, 3.8) is 0 Å². The van der Waals surface area contributed by atoms with Crippen LogP contribution in [-0.2, 0) is 6.18 Å². The number of alkyl halides is 3. The third kappa shape index (κ3) is 3.01. The predicted molar refractivity (Wildman–Crippen MR) is 68.1 cm³/mol. The van der Waals surface area contributed by atoms with Gasteiger partial charge >= 0.3 is 6.18 Å². The number of hydrogen-bond acceptors (Lipinski definition) is 2. The SMILES string of the molecule is CC(C)n1cc(C(O)c2ccc(C(F)(F)F)cc2)cn1. The van der Waals surface area contributed by atoms with Gasteiger partial charge in [0.2, 0.25) is 0 Å². The molecule has 0 aliphatic rings. The number of aromatic nitrogens is 2. The van der Waals surface area contributed by atoms with E-state index in [1.807, 2.05) is 13.8 Å². The zero-order valence-corrected chi connectivity index (χ0v) is 11.1. The van der Waals surface area contributed by atoms with E-state index in [-0.39, 0.29) is 6.04 Å². The highest BCUT2D eigenvalue weighted by Crippen LogP contribution is 2.31. The van der Waals surface area contributed by atoms with E-state index in [9.17, 15) is 18.3 Å². The molecule has 0 amide bonds. The van der Waals surface area contributed by atoms with E-state index in [0.717, 1.165) is 12.1 Å². The molecule has 3 nitrogen and oxygen atoms in total. The van der Waals surface area contributed by atoms with Crippen LogP contribution < -0.4 is 0 Å². The van der Waals surface area contributed by atoms with E-state index in [4.69, 9.17) is 0 Å². The second-order valence-corrected chi connectivity index (χ2v) is 4.87. The third-order valence-corrected chi connectivity index (χ3v) is 3.02. The molecule has 1 aromatic carbocycles. The van der Waals surface area contributed by atoms with E-state index < -0.39 is 17.8 Å². The molecule has 1 N–H and O–H groups in total. The molecule has 2 rings (SSSR count). The van der Waals surface area contributed by atoms with Gasteiger partial charge in [0.1, 0.15) is 6.10 Å². The van der Waals surface area contributed by atoms with Crippen molar-refractivity contribution in [2.24, 2.45) is 0 Å². The molecule has 0 saturated carbocycles. The Balaban J connectivity index is 2.22. The van der Waals surface area contributed by atoms with E-state index in [2.05, 4.69) is 5.10 Å². The van der Waals surface area contributed by atoms with Gasteiger partial charge < -0.3 is 5.11 Å². The van der Waals surface area contributed by atoms with Crippen LogP contribution in [0.1, 0.15) is 42.7 Å². The number of nitrogens with zero attached hydrogens (tertiary/aromatic N) is 2. The maximum absolute atomic E-state index is 12.5. The molecule has 0 saturated heterocycles. The van der Waals surface area contributed by atoms with E-state index in [1.165, 1.54) is 18.3 Å². The maximum Gasteiger partial charge on any atom is 0.416 e. The Morgan fingerprint density at radius 3 is 2.15 bits per heavy atom. The van der Waals surface area contributed by atoms with Gasteiger partial charge in [-0.25, -0.2) is 0 Å². The first kappa shape index (κ1) is 14.6. The van der Waals surface area contributed by atoms with Crippen LogP contribution in [0, 0.1) is 0 Å². The Kier molecular flexibility index (Phi) is 3.85. The standard InChI is InChI=1S/C14H15F3N2O/c1-9(2)19-8-11(7-18-19)13(20)10-3-5-12(6-4-10)14(15,16)17/h3-9,13,20H,1-2H3. The van der Waals surface area contributed by atoms with Gasteiger partial charge in [-0.05, 0) is 31.5 Å². The molecule has 0 bridgehead atoms. The number of aliphatic hydroxyl groups is 1. The summed E-state index contributed by atoms with van der Waals surface area (Å²) in [5, 5.41) is 14.2. The fraction of sp³-hybridized carbons (Fsp3) is 0.357.